The van der Waals surface area contributed by atoms with Crippen molar-refractivity contribution < 1.29 is 0 Å². The minimum atomic E-state index is 0.198. The molecule has 0 saturated carbocycles. The predicted octanol–water partition coefficient (Wildman–Crippen LogP) is 6.31. The molecule has 2 aromatic rings. The SMILES string of the molecule is Cc1cccc(C(Br)c2cc(Br)ccc2Br)c1C. The molecule has 94 valence electrons. The summed E-state index contributed by atoms with van der Waals surface area (Å²) in [6.07, 6.45) is 0. The Kier molecular flexibility index (Phi) is 4.68. The number of hydrogen-bond acceptors (Lipinski definition) is 0. The van der Waals surface area contributed by atoms with E-state index in [4.69, 9.17) is 0 Å². The van der Waals surface area contributed by atoms with Gasteiger partial charge in [-0.3, -0.25) is 0 Å². The minimum Gasteiger partial charge on any atom is -0.0786 e. The molecular formula is C15H13Br3. The van der Waals surface area contributed by atoms with Crippen LogP contribution in [0.1, 0.15) is 27.1 Å². The largest absolute Gasteiger partial charge is 0.0786 e. The fraction of sp³-hybridized carbons (Fsp3) is 0.200. The Hall–Kier alpha value is -0.120. The lowest BCUT2D eigenvalue weighted by atomic mass is 9.97. The molecule has 0 aromatic heterocycles. The van der Waals surface area contributed by atoms with Gasteiger partial charge in [0, 0.05) is 8.95 Å². The van der Waals surface area contributed by atoms with Crippen molar-refractivity contribution in [3.05, 3.63) is 67.6 Å². The van der Waals surface area contributed by atoms with E-state index >= 15 is 0 Å². The predicted molar refractivity (Wildman–Crippen MR) is 88.5 cm³/mol. The van der Waals surface area contributed by atoms with Crippen LogP contribution in [-0.4, -0.2) is 0 Å². The summed E-state index contributed by atoms with van der Waals surface area (Å²) in [5.41, 5.74) is 5.21. The number of alkyl halides is 1. The lowest BCUT2D eigenvalue weighted by Gasteiger charge is -2.17. The minimum absolute atomic E-state index is 0.198. The summed E-state index contributed by atoms with van der Waals surface area (Å²) in [7, 11) is 0. The van der Waals surface area contributed by atoms with Gasteiger partial charge in [0.25, 0.3) is 0 Å². The van der Waals surface area contributed by atoms with Crippen molar-refractivity contribution in [2.24, 2.45) is 0 Å². The number of benzene rings is 2. The van der Waals surface area contributed by atoms with Crippen molar-refractivity contribution in [1.82, 2.24) is 0 Å². The fourth-order valence-corrected chi connectivity index (χ4v) is 3.96. The Balaban J connectivity index is 2.51. The van der Waals surface area contributed by atoms with Gasteiger partial charge >= 0.3 is 0 Å². The molecule has 1 unspecified atom stereocenters. The van der Waals surface area contributed by atoms with Crippen molar-refractivity contribution in [2.75, 3.05) is 0 Å². The third-order valence-electron chi connectivity index (χ3n) is 3.15. The normalized spacial score (nSPS) is 12.5. The molecule has 1 atom stereocenters. The van der Waals surface area contributed by atoms with Crippen molar-refractivity contribution in [2.45, 2.75) is 18.7 Å². The summed E-state index contributed by atoms with van der Waals surface area (Å²) in [4.78, 5) is 0.198. The first kappa shape index (κ1) is 14.3. The molecule has 0 aliphatic carbocycles. The average Bonchev–Trinajstić information content (AvgIpc) is 2.35. The molecule has 18 heavy (non-hydrogen) atoms. The van der Waals surface area contributed by atoms with Gasteiger partial charge in [-0.25, -0.2) is 0 Å². The van der Waals surface area contributed by atoms with Gasteiger partial charge in [0.15, 0.2) is 0 Å². The molecule has 0 fully saturated rings. The maximum atomic E-state index is 3.81. The molecule has 0 aliphatic heterocycles. The summed E-state index contributed by atoms with van der Waals surface area (Å²) in [6, 6.07) is 12.7. The van der Waals surface area contributed by atoms with E-state index in [1.165, 1.54) is 22.3 Å². The highest BCUT2D eigenvalue weighted by Crippen LogP contribution is 2.38. The Morgan fingerprint density at radius 1 is 0.944 bits per heavy atom. The van der Waals surface area contributed by atoms with Crippen LogP contribution >= 0.6 is 47.8 Å². The molecule has 0 heterocycles. The van der Waals surface area contributed by atoms with Gasteiger partial charge in [-0.15, -0.1) is 0 Å². The van der Waals surface area contributed by atoms with Gasteiger partial charge in [0.05, 0.1) is 4.83 Å². The van der Waals surface area contributed by atoms with E-state index in [0.29, 0.717) is 0 Å². The smallest absolute Gasteiger partial charge is 0.0658 e. The maximum absolute atomic E-state index is 3.81. The van der Waals surface area contributed by atoms with Gasteiger partial charge in [0.2, 0.25) is 0 Å². The van der Waals surface area contributed by atoms with Crippen molar-refractivity contribution >= 4 is 47.8 Å². The van der Waals surface area contributed by atoms with Gasteiger partial charge in [0.1, 0.15) is 0 Å². The van der Waals surface area contributed by atoms with E-state index in [9.17, 15) is 0 Å². The number of halogens is 3. The molecule has 0 bridgehead atoms. The molecule has 0 radical (unpaired) electrons. The van der Waals surface area contributed by atoms with Crippen LogP contribution in [0.5, 0.6) is 0 Å². The summed E-state index contributed by atoms with van der Waals surface area (Å²) in [5.74, 6) is 0. The Labute approximate surface area is 133 Å². The van der Waals surface area contributed by atoms with Crippen molar-refractivity contribution in [3.63, 3.8) is 0 Å². The van der Waals surface area contributed by atoms with Gasteiger partial charge < -0.3 is 0 Å². The Bertz CT molecular complexity index is 574. The first-order chi connectivity index (χ1) is 8.50. The average molecular weight is 433 g/mol. The number of hydrogen-bond donors (Lipinski definition) is 0. The van der Waals surface area contributed by atoms with Crippen LogP contribution in [0.2, 0.25) is 0 Å². The van der Waals surface area contributed by atoms with Crippen LogP contribution in [0.15, 0.2) is 45.3 Å². The summed E-state index contributed by atoms with van der Waals surface area (Å²) in [5, 5.41) is 0. The molecule has 0 nitrogen and oxygen atoms in total. The highest BCUT2D eigenvalue weighted by atomic mass is 79.9. The molecule has 0 spiro atoms. The van der Waals surface area contributed by atoms with Crippen molar-refractivity contribution in [3.8, 4) is 0 Å². The second-order valence-corrected chi connectivity index (χ2v) is 7.00. The van der Waals surface area contributed by atoms with E-state index in [1.54, 1.807) is 0 Å². The molecule has 0 amide bonds. The van der Waals surface area contributed by atoms with E-state index in [-0.39, 0.29) is 4.83 Å². The number of aryl methyl sites for hydroxylation is 1. The lowest BCUT2D eigenvalue weighted by Crippen LogP contribution is -1.98. The molecule has 2 aromatic carbocycles. The monoisotopic (exact) mass is 430 g/mol. The zero-order chi connectivity index (χ0) is 13.3. The van der Waals surface area contributed by atoms with E-state index in [0.717, 1.165) is 8.95 Å². The van der Waals surface area contributed by atoms with Gasteiger partial charge in [-0.05, 0) is 54.3 Å². The molecular weight excluding hydrogens is 420 g/mol. The third kappa shape index (κ3) is 2.89. The van der Waals surface area contributed by atoms with E-state index in [2.05, 4.69) is 92.0 Å². The highest BCUT2D eigenvalue weighted by molar-refractivity contribution is 9.11. The molecule has 0 N–H and O–H groups in total. The third-order valence-corrected chi connectivity index (χ3v) is 5.35. The maximum Gasteiger partial charge on any atom is 0.0658 e. The first-order valence-electron chi connectivity index (χ1n) is 5.66. The van der Waals surface area contributed by atoms with Gasteiger partial charge in [-0.2, -0.15) is 0 Å². The topological polar surface area (TPSA) is 0 Å². The second-order valence-electron chi connectivity index (χ2n) is 4.32. The standard InChI is InChI=1S/C15H13Br3/c1-9-4-3-5-12(10(9)2)15(18)13-8-11(16)6-7-14(13)17/h3-8,15H,1-2H3. The summed E-state index contributed by atoms with van der Waals surface area (Å²) < 4.78 is 2.21. The van der Waals surface area contributed by atoms with Crippen LogP contribution in [0.3, 0.4) is 0 Å². The first-order valence-corrected chi connectivity index (χ1v) is 8.16. The van der Waals surface area contributed by atoms with Crippen LogP contribution in [0.25, 0.3) is 0 Å². The molecule has 3 heteroatoms. The molecule has 2 rings (SSSR count). The molecule has 0 aliphatic rings. The van der Waals surface area contributed by atoms with Crippen LogP contribution < -0.4 is 0 Å². The Morgan fingerprint density at radius 2 is 1.67 bits per heavy atom. The fourth-order valence-electron chi connectivity index (χ4n) is 1.92. The van der Waals surface area contributed by atoms with Gasteiger partial charge in [-0.1, -0.05) is 66.0 Å². The number of rotatable bonds is 2. The van der Waals surface area contributed by atoms with E-state index in [1.807, 2.05) is 6.07 Å². The summed E-state index contributed by atoms with van der Waals surface area (Å²) >= 11 is 11.0. The van der Waals surface area contributed by atoms with Crippen LogP contribution in [-0.2, 0) is 0 Å². The van der Waals surface area contributed by atoms with Crippen LogP contribution in [0.4, 0.5) is 0 Å². The second kappa shape index (κ2) is 5.89. The van der Waals surface area contributed by atoms with Crippen molar-refractivity contribution in [1.29, 1.82) is 0 Å². The zero-order valence-electron chi connectivity index (χ0n) is 10.2. The highest BCUT2D eigenvalue weighted by Gasteiger charge is 2.16. The molecule has 0 saturated heterocycles. The summed E-state index contributed by atoms with van der Waals surface area (Å²) in [6.45, 7) is 4.32. The quantitative estimate of drug-likeness (QED) is 0.487. The lowest BCUT2D eigenvalue weighted by molar-refractivity contribution is 1.11. The zero-order valence-corrected chi connectivity index (χ0v) is 14.9. The van der Waals surface area contributed by atoms with E-state index < -0.39 is 0 Å². The Morgan fingerprint density at radius 3 is 2.39 bits per heavy atom. The van der Waals surface area contributed by atoms with Crippen LogP contribution in [0, 0.1) is 13.8 Å².